The molecule has 14 heteroatoms. The van der Waals surface area contributed by atoms with E-state index in [4.69, 9.17) is 31.1 Å². The minimum absolute atomic E-state index is 0. The van der Waals surface area contributed by atoms with Crippen LogP contribution in [0.2, 0.25) is 0 Å². The number of halogens is 2. The Morgan fingerprint density at radius 1 is 0.530 bits per heavy atom. The molecule has 0 unspecified atom stereocenters. The summed E-state index contributed by atoms with van der Waals surface area (Å²) < 4.78 is 0. The van der Waals surface area contributed by atoms with Crippen LogP contribution in [0, 0.1) is 22.7 Å². The van der Waals surface area contributed by atoms with Gasteiger partial charge in [0.2, 0.25) is 0 Å². The number of pyridine rings is 4. The van der Waals surface area contributed by atoms with Crippen molar-refractivity contribution in [1.82, 2.24) is 9.97 Å². The van der Waals surface area contributed by atoms with Crippen molar-refractivity contribution in [2.24, 2.45) is 0 Å². The van der Waals surface area contributed by atoms with Crippen LogP contribution in [0.25, 0.3) is 22.0 Å². The van der Waals surface area contributed by atoms with Gasteiger partial charge in [0.1, 0.15) is 11.1 Å². The van der Waals surface area contributed by atoms with Gasteiger partial charge in [-0.25, -0.2) is 9.97 Å². The molecule has 2 spiro atoms. The fourth-order valence-electron chi connectivity index (χ4n) is 10.3. The fraction of sp³-hybridized carbons (Fsp3) is 0.269. The second-order valence-corrected chi connectivity index (χ2v) is 16.3. The van der Waals surface area contributed by atoms with Gasteiger partial charge < -0.3 is 55.2 Å². The van der Waals surface area contributed by atoms with Crippen molar-refractivity contribution in [2.75, 3.05) is 10.6 Å². The molecule has 324 valence electrons. The number of nitrogens with one attached hydrogen (secondary N) is 4. The van der Waals surface area contributed by atoms with Gasteiger partial charge in [-0.2, -0.15) is 10.5 Å². The molecular weight excluding hydrogens is 973 g/mol. The van der Waals surface area contributed by atoms with Crippen LogP contribution in [0.1, 0.15) is 97.4 Å². The standard InChI is InChI=1S/2C24H21N4.2C2H3N.2BrH.2Mg/c2*1-2-10-20-19(9-1)27-22-18(12-11-16-7-4-14-25-21(16)22)24(28-20)13-3-6-17-8-5-15-26-23(17)24;2*1-2-3;;;;/h2*1-2,4-5,7-10,14-15,28H,3,6,11-13H2;2*1H3;2*1H;;/q2*-1;;;;;2*+2/t2*24-;;;;;;/m00....../s1. The average molecular weight is 1020 g/mol. The SMILES string of the molecule is CC#N.CC#N.[Br-].[Br-].[Mg+2].[Mg+2].c1cnc2c(c1)CCC[C@@]21Nc2ccccc2[N-]C2=C1CCc1ccc[nH+]c12.c1cnc2c(c1)CCC[C@@]21Nc2ccccc2[N-]C2=C1CCc1ccc[nH+]c12. The average Bonchev–Trinajstić information content (AvgIpc) is 3.55. The summed E-state index contributed by atoms with van der Waals surface area (Å²) in [6.45, 7) is 2.86. The van der Waals surface area contributed by atoms with Gasteiger partial charge in [0.05, 0.1) is 23.5 Å². The summed E-state index contributed by atoms with van der Waals surface area (Å²) in [4.78, 5) is 16.8. The molecule has 0 saturated heterocycles. The summed E-state index contributed by atoms with van der Waals surface area (Å²) in [6.07, 6.45) is 18.5. The maximum Gasteiger partial charge on any atom is 2.00 e. The smallest absolute Gasteiger partial charge is 1.00 e. The molecule has 4 aliphatic carbocycles. The minimum Gasteiger partial charge on any atom is -1.00 e. The van der Waals surface area contributed by atoms with Gasteiger partial charge in [0.25, 0.3) is 0 Å². The number of para-hydroxylation sites is 4. The zero-order valence-electron chi connectivity index (χ0n) is 37.5. The summed E-state index contributed by atoms with van der Waals surface area (Å²) in [6, 6.07) is 37.5. The molecule has 2 aromatic carbocycles. The second kappa shape index (κ2) is 23.3. The van der Waals surface area contributed by atoms with E-state index in [2.05, 4.69) is 118 Å². The molecule has 4 aromatic heterocycles. The molecule has 6 aliphatic rings. The predicted molar refractivity (Wildman–Crippen MR) is 254 cm³/mol. The van der Waals surface area contributed by atoms with E-state index in [1.807, 2.05) is 24.8 Å². The zero-order chi connectivity index (χ0) is 42.5. The number of aryl methyl sites for hydroxylation is 4. The van der Waals surface area contributed by atoms with Gasteiger partial charge in [-0.05, 0) is 123 Å². The third-order valence-corrected chi connectivity index (χ3v) is 12.8. The first-order valence-corrected chi connectivity index (χ1v) is 21.7. The maximum atomic E-state index is 7.32. The minimum atomic E-state index is -0.290. The largest absolute Gasteiger partial charge is 2.00 e. The Morgan fingerprint density at radius 2 is 0.924 bits per heavy atom. The Balaban J connectivity index is 0.000000210. The number of hydrogen-bond acceptors (Lipinski definition) is 6. The van der Waals surface area contributed by atoms with Gasteiger partial charge in [-0.1, -0.05) is 59.9 Å². The topological polar surface area (TPSA) is 154 Å². The summed E-state index contributed by atoms with van der Waals surface area (Å²) in [5.41, 5.74) is 18.6. The van der Waals surface area contributed by atoms with Crippen molar-refractivity contribution in [3.8, 4) is 12.1 Å². The number of aromatic nitrogens is 4. The summed E-state index contributed by atoms with van der Waals surface area (Å²) in [7, 11) is 0. The van der Waals surface area contributed by atoms with Gasteiger partial charge >= 0.3 is 46.1 Å². The first-order valence-electron chi connectivity index (χ1n) is 21.7. The Kier molecular flexibility index (Phi) is 18.4. The molecule has 0 radical (unpaired) electrons. The number of H-pyrrole nitrogens is 2. The predicted octanol–water partition coefficient (Wildman–Crippen LogP) is 4.14. The zero-order valence-corrected chi connectivity index (χ0v) is 43.5. The number of benzene rings is 2. The molecule has 6 aromatic rings. The molecule has 0 bridgehead atoms. The van der Waals surface area contributed by atoms with Crippen LogP contribution >= 0.6 is 0 Å². The number of nitriles is 2. The van der Waals surface area contributed by atoms with Crippen molar-refractivity contribution in [3.63, 3.8) is 0 Å². The second-order valence-electron chi connectivity index (χ2n) is 16.3. The van der Waals surface area contributed by atoms with Gasteiger partial charge in [0.15, 0.2) is 23.8 Å². The van der Waals surface area contributed by atoms with Crippen LogP contribution in [0.5, 0.6) is 0 Å². The Bertz CT molecular complexity index is 2630. The van der Waals surface area contributed by atoms with E-state index in [-0.39, 0.29) is 91.1 Å². The van der Waals surface area contributed by atoms with Gasteiger partial charge in [-0.15, -0.1) is 11.4 Å². The quantitative estimate of drug-likeness (QED) is 0.219. The molecule has 2 atom stereocenters. The maximum absolute atomic E-state index is 7.32. The Hall–Kier alpha value is -4.81. The Labute approximate surface area is 441 Å². The monoisotopic (exact) mass is 1020 g/mol. The number of anilines is 2. The molecule has 0 amide bonds. The third kappa shape index (κ3) is 9.78. The van der Waals surface area contributed by atoms with Crippen LogP contribution in [0.4, 0.5) is 22.7 Å². The van der Waals surface area contributed by atoms with Crippen molar-refractivity contribution < 1.29 is 43.9 Å². The van der Waals surface area contributed by atoms with Gasteiger partial charge in [-0.3, -0.25) is 9.97 Å². The van der Waals surface area contributed by atoms with Crippen molar-refractivity contribution in [3.05, 3.63) is 189 Å². The van der Waals surface area contributed by atoms with Crippen LogP contribution < -0.4 is 54.6 Å². The number of fused-ring (bicyclic) bond motifs is 12. The summed E-state index contributed by atoms with van der Waals surface area (Å²) in [5, 5.41) is 32.9. The molecule has 4 N–H and O–H groups in total. The van der Waals surface area contributed by atoms with Crippen LogP contribution in [0.3, 0.4) is 0 Å². The van der Waals surface area contributed by atoms with Crippen molar-refractivity contribution in [2.45, 2.75) is 89.1 Å². The molecule has 0 fully saturated rings. The first kappa shape index (κ1) is 52.2. The Morgan fingerprint density at radius 3 is 1.35 bits per heavy atom. The molecule has 12 rings (SSSR count). The molecule has 0 saturated carbocycles. The molecular formula is C52H50Br2Mg2N10+2. The number of hydrogen-bond donors (Lipinski definition) is 2. The summed E-state index contributed by atoms with van der Waals surface area (Å²) >= 11 is 0. The normalized spacial score (nSPS) is 19.0. The van der Waals surface area contributed by atoms with Gasteiger partial charge in [0, 0.05) is 60.9 Å². The van der Waals surface area contributed by atoms with Crippen LogP contribution in [0.15, 0.2) is 133 Å². The number of aromatic amines is 2. The molecule has 6 heterocycles. The van der Waals surface area contributed by atoms with Crippen LogP contribution in [-0.2, 0) is 36.8 Å². The number of nitrogens with zero attached hydrogens (tertiary/aromatic N) is 6. The third-order valence-electron chi connectivity index (χ3n) is 12.8. The van der Waals surface area contributed by atoms with E-state index in [1.54, 1.807) is 12.1 Å². The van der Waals surface area contributed by atoms with E-state index in [0.717, 1.165) is 110 Å². The van der Waals surface area contributed by atoms with E-state index >= 15 is 0 Å². The molecule has 2 aliphatic heterocycles. The van der Waals surface area contributed by atoms with E-state index in [1.165, 1.54) is 58.6 Å². The van der Waals surface area contributed by atoms with E-state index in [0.29, 0.717) is 0 Å². The van der Waals surface area contributed by atoms with E-state index in [9.17, 15) is 0 Å². The number of rotatable bonds is 0. The summed E-state index contributed by atoms with van der Waals surface area (Å²) in [5.74, 6) is 0. The van der Waals surface area contributed by atoms with Crippen molar-refractivity contribution in [1.29, 1.82) is 10.5 Å². The molecule has 66 heavy (non-hydrogen) atoms. The fourth-order valence-corrected chi connectivity index (χ4v) is 10.3. The molecule has 10 nitrogen and oxygen atoms in total. The van der Waals surface area contributed by atoms with Crippen LogP contribution in [-0.4, -0.2) is 56.1 Å². The van der Waals surface area contributed by atoms with E-state index < -0.39 is 0 Å². The van der Waals surface area contributed by atoms with Crippen molar-refractivity contribution >= 4 is 80.2 Å². The first-order chi connectivity index (χ1) is 30.5.